The fourth-order valence-electron chi connectivity index (χ4n) is 4.34. The highest BCUT2D eigenvalue weighted by atomic mass is 15.3. The van der Waals surface area contributed by atoms with Gasteiger partial charge in [-0.3, -0.25) is 16.2 Å². The molecule has 0 spiro atoms. The summed E-state index contributed by atoms with van der Waals surface area (Å²) in [7, 11) is 0. The lowest BCUT2D eigenvalue weighted by atomic mass is 9.71. The topological polar surface area (TPSA) is 41.3 Å². The second-order valence-corrected chi connectivity index (χ2v) is 6.72. The maximum Gasteiger partial charge on any atom is 0.0420 e. The van der Waals surface area contributed by atoms with Crippen molar-refractivity contribution in [3.63, 3.8) is 0 Å². The molecule has 3 heteroatoms. The van der Waals surface area contributed by atoms with Crippen LogP contribution in [0.1, 0.15) is 73.1 Å². The monoisotopic (exact) mass is 283 g/mol. The summed E-state index contributed by atoms with van der Waals surface area (Å²) in [4.78, 5) is 2.59. The van der Waals surface area contributed by atoms with Gasteiger partial charge in [0.1, 0.15) is 0 Å². The zero-order valence-electron chi connectivity index (χ0n) is 14.4. The van der Waals surface area contributed by atoms with E-state index in [0.29, 0.717) is 6.04 Å². The van der Waals surface area contributed by atoms with Crippen LogP contribution in [-0.4, -0.2) is 29.6 Å². The number of likely N-dealkylation sites (N-methyl/N-ethyl adjacent to an activating group) is 1. The van der Waals surface area contributed by atoms with Crippen LogP contribution >= 0.6 is 0 Å². The summed E-state index contributed by atoms with van der Waals surface area (Å²) in [5.74, 6) is 7.68. The van der Waals surface area contributed by atoms with Crippen LogP contribution in [-0.2, 0) is 0 Å². The van der Waals surface area contributed by atoms with E-state index in [0.717, 1.165) is 31.3 Å². The van der Waals surface area contributed by atoms with Crippen LogP contribution in [0.5, 0.6) is 0 Å². The van der Waals surface area contributed by atoms with E-state index < -0.39 is 0 Å². The van der Waals surface area contributed by atoms with E-state index in [9.17, 15) is 0 Å². The largest absolute Gasteiger partial charge is 0.297 e. The van der Waals surface area contributed by atoms with Crippen LogP contribution in [0.2, 0.25) is 0 Å². The third-order valence-corrected chi connectivity index (χ3v) is 5.99. The summed E-state index contributed by atoms with van der Waals surface area (Å²) in [5, 5.41) is 0. The Morgan fingerprint density at radius 2 is 1.65 bits per heavy atom. The molecule has 1 fully saturated rings. The first-order valence-corrected chi connectivity index (χ1v) is 8.78. The number of nitrogens with one attached hydrogen (secondary N) is 1. The van der Waals surface area contributed by atoms with Crippen LogP contribution in [0, 0.1) is 11.8 Å². The van der Waals surface area contributed by atoms with Gasteiger partial charge in [-0.15, -0.1) is 0 Å². The molecular formula is C17H37N3. The maximum absolute atomic E-state index is 6.00. The molecule has 0 amide bonds. The molecule has 0 aromatic carbocycles. The summed E-state index contributed by atoms with van der Waals surface area (Å²) in [6.07, 6.45) is 7.94. The molecule has 1 aliphatic rings. The fourth-order valence-corrected chi connectivity index (χ4v) is 4.34. The molecular weight excluding hydrogens is 246 g/mol. The van der Waals surface area contributed by atoms with Crippen molar-refractivity contribution < 1.29 is 0 Å². The van der Waals surface area contributed by atoms with E-state index in [1.165, 1.54) is 32.1 Å². The molecule has 20 heavy (non-hydrogen) atoms. The zero-order valence-corrected chi connectivity index (χ0v) is 14.4. The Labute approximate surface area is 126 Å². The van der Waals surface area contributed by atoms with Crippen LogP contribution in [0.4, 0.5) is 0 Å². The number of nitrogens with two attached hydrogens (primary N) is 1. The highest BCUT2D eigenvalue weighted by Gasteiger charge is 2.41. The van der Waals surface area contributed by atoms with E-state index in [1.807, 2.05) is 0 Å². The van der Waals surface area contributed by atoms with Gasteiger partial charge in [0.15, 0.2) is 0 Å². The van der Waals surface area contributed by atoms with Gasteiger partial charge >= 0.3 is 0 Å². The molecule has 0 radical (unpaired) electrons. The molecule has 0 saturated heterocycles. The summed E-state index contributed by atoms with van der Waals surface area (Å²) in [6, 6.07) is 0.408. The molecule has 0 aromatic heterocycles. The lowest BCUT2D eigenvalue weighted by molar-refractivity contribution is 0.0321. The van der Waals surface area contributed by atoms with Crippen LogP contribution in [0.25, 0.3) is 0 Å². The smallest absolute Gasteiger partial charge is 0.0420 e. The predicted octanol–water partition coefficient (Wildman–Crippen LogP) is 3.55. The second-order valence-electron chi connectivity index (χ2n) is 6.72. The highest BCUT2D eigenvalue weighted by molar-refractivity contribution is 4.99. The standard InChI is InChI=1S/C17H37N3/c1-6-14-10-12-15(13-11-14)16(19-18)17(5,7-2)20(8-3)9-4/h14-16,19H,6-13,18H2,1-5H3. The Kier molecular flexibility index (Phi) is 7.49. The minimum Gasteiger partial charge on any atom is -0.297 e. The van der Waals surface area contributed by atoms with E-state index >= 15 is 0 Å². The maximum atomic E-state index is 6.00. The van der Waals surface area contributed by atoms with Crippen molar-refractivity contribution in [2.45, 2.75) is 84.7 Å². The number of rotatable bonds is 8. The van der Waals surface area contributed by atoms with Gasteiger partial charge < -0.3 is 0 Å². The third-order valence-electron chi connectivity index (χ3n) is 5.99. The van der Waals surface area contributed by atoms with Crippen molar-refractivity contribution in [3.8, 4) is 0 Å². The van der Waals surface area contributed by atoms with Gasteiger partial charge in [0.05, 0.1) is 0 Å². The second kappa shape index (κ2) is 8.35. The average molecular weight is 284 g/mol. The van der Waals surface area contributed by atoms with Gasteiger partial charge in [-0.25, -0.2) is 0 Å². The summed E-state index contributed by atoms with van der Waals surface area (Å²) < 4.78 is 0. The van der Waals surface area contributed by atoms with Gasteiger partial charge in [0, 0.05) is 11.6 Å². The molecule has 1 rings (SSSR count). The highest BCUT2D eigenvalue weighted by Crippen LogP contribution is 2.38. The lowest BCUT2D eigenvalue weighted by Crippen LogP contribution is -2.63. The Bertz CT molecular complexity index is 257. The molecule has 3 N–H and O–H groups in total. The van der Waals surface area contributed by atoms with Crippen LogP contribution in [0.15, 0.2) is 0 Å². The van der Waals surface area contributed by atoms with E-state index in [1.54, 1.807) is 0 Å². The number of hydrogen-bond donors (Lipinski definition) is 2. The Morgan fingerprint density at radius 1 is 1.10 bits per heavy atom. The van der Waals surface area contributed by atoms with Gasteiger partial charge in [0.2, 0.25) is 0 Å². The molecule has 0 bridgehead atoms. The number of hydrazine groups is 1. The first-order chi connectivity index (χ1) is 9.57. The minimum atomic E-state index is 0.169. The number of nitrogens with zero attached hydrogens (tertiary/aromatic N) is 1. The van der Waals surface area contributed by atoms with Gasteiger partial charge in [-0.2, -0.15) is 0 Å². The Hall–Kier alpha value is -0.120. The van der Waals surface area contributed by atoms with Gasteiger partial charge in [-0.1, -0.05) is 47.0 Å². The summed E-state index contributed by atoms with van der Waals surface area (Å²) >= 11 is 0. The summed E-state index contributed by atoms with van der Waals surface area (Å²) in [5.41, 5.74) is 3.37. The fraction of sp³-hybridized carbons (Fsp3) is 1.00. The molecule has 120 valence electrons. The molecule has 1 saturated carbocycles. The quantitative estimate of drug-likeness (QED) is 0.529. The molecule has 1 aliphatic carbocycles. The van der Waals surface area contributed by atoms with Crippen molar-refractivity contribution in [2.75, 3.05) is 13.1 Å². The first-order valence-electron chi connectivity index (χ1n) is 8.78. The van der Waals surface area contributed by atoms with E-state index in [2.05, 4.69) is 44.9 Å². The molecule has 3 nitrogen and oxygen atoms in total. The van der Waals surface area contributed by atoms with Crippen molar-refractivity contribution in [3.05, 3.63) is 0 Å². The van der Waals surface area contributed by atoms with Crippen molar-refractivity contribution in [1.82, 2.24) is 10.3 Å². The molecule has 2 atom stereocenters. The predicted molar refractivity (Wildman–Crippen MR) is 88.5 cm³/mol. The molecule has 0 aromatic rings. The van der Waals surface area contributed by atoms with Gasteiger partial charge in [0.25, 0.3) is 0 Å². The lowest BCUT2D eigenvalue weighted by Gasteiger charge is -2.49. The minimum absolute atomic E-state index is 0.169. The Morgan fingerprint density at radius 3 is 2.00 bits per heavy atom. The van der Waals surface area contributed by atoms with Crippen LogP contribution in [0.3, 0.4) is 0 Å². The number of hydrogen-bond acceptors (Lipinski definition) is 3. The van der Waals surface area contributed by atoms with Crippen molar-refractivity contribution in [1.29, 1.82) is 0 Å². The normalized spacial score (nSPS) is 28.4. The van der Waals surface area contributed by atoms with Crippen molar-refractivity contribution >= 4 is 0 Å². The molecule has 0 aliphatic heterocycles. The van der Waals surface area contributed by atoms with Gasteiger partial charge in [-0.05, 0) is 51.1 Å². The molecule has 2 unspecified atom stereocenters. The van der Waals surface area contributed by atoms with E-state index in [4.69, 9.17) is 5.84 Å². The first kappa shape index (κ1) is 17.9. The third kappa shape index (κ3) is 3.75. The SMILES string of the molecule is CCC1CCC(C(NN)C(C)(CC)N(CC)CC)CC1. The average Bonchev–Trinajstić information content (AvgIpc) is 2.49. The van der Waals surface area contributed by atoms with Crippen molar-refractivity contribution in [2.24, 2.45) is 17.7 Å². The molecule has 0 heterocycles. The summed E-state index contributed by atoms with van der Waals surface area (Å²) in [6.45, 7) is 13.8. The van der Waals surface area contributed by atoms with E-state index in [-0.39, 0.29) is 5.54 Å². The Balaban J connectivity index is 2.81. The zero-order chi connectivity index (χ0) is 15.2. The van der Waals surface area contributed by atoms with Crippen LogP contribution < -0.4 is 11.3 Å².